The second-order valence-electron chi connectivity index (χ2n) is 5.42. The van der Waals surface area contributed by atoms with Crippen molar-refractivity contribution < 1.29 is 4.79 Å². The minimum Gasteiger partial charge on any atom is -0.315 e. The molecule has 0 radical (unpaired) electrons. The van der Waals surface area contributed by atoms with Gasteiger partial charge in [-0.2, -0.15) is 0 Å². The number of carbonyl (C=O) groups excluding carboxylic acids is 1. The minimum atomic E-state index is -0.136. The lowest BCUT2D eigenvalue weighted by atomic mass is 10.1. The van der Waals surface area contributed by atoms with Gasteiger partial charge in [0.1, 0.15) is 0 Å². The topological polar surface area (TPSA) is 32.3 Å². The predicted molar refractivity (Wildman–Crippen MR) is 96.0 cm³/mol. The van der Waals surface area contributed by atoms with Crippen molar-refractivity contribution in [2.24, 2.45) is 0 Å². The number of nitrogens with zero attached hydrogens (tertiary/aromatic N) is 1. The van der Waals surface area contributed by atoms with E-state index in [-0.39, 0.29) is 11.9 Å². The van der Waals surface area contributed by atoms with Gasteiger partial charge >= 0.3 is 0 Å². The van der Waals surface area contributed by atoms with E-state index in [4.69, 9.17) is 34.8 Å². The average molecular weight is 370 g/mol. The number of halogens is 3. The fraction of sp³-hybridized carbons (Fsp3) is 0.235. The zero-order valence-electron chi connectivity index (χ0n) is 12.2. The molecule has 1 heterocycles. The number of anilines is 1. The average Bonchev–Trinajstić information content (AvgIpc) is 3.03. The predicted octanol–water partition coefficient (Wildman–Crippen LogP) is 4.66. The maximum absolute atomic E-state index is 13.1. The van der Waals surface area contributed by atoms with Gasteiger partial charge in [0.25, 0.3) is 5.91 Å². The van der Waals surface area contributed by atoms with Gasteiger partial charge in [0.2, 0.25) is 0 Å². The molecule has 1 saturated heterocycles. The van der Waals surface area contributed by atoms with Gasteiger partial charge in [-0.1, -0.05) is 34.8 Å². The van der Waals surface area contributed by atoms with E-state index >= 15 is 0 Å². The smallest absolute Gasteiger partial charge is 0.260 e. The first-order valence-electron chi connectivity index (χ1n) is 7.31. The van der Waals surface area contributed by atoms with Crippen LogP contribution in [0, 0.1) is 0 Å². The molecule has 1 aliphatic rings. The lowest BCUT2D eigenvalue weighted by Gasteiger charge is -2.29. The fourth-order valence-electron chi connectivity index (χ4n) is 2.75. The van der Waals surface area contributed by atoms with Gasteiger partial charge in [-0.25, -0.2) is 0 Å². The molecule has 0 saturated carbocycles. The Labute approximate surface area is 150 Å². The first-order chi connectivity index (χ1) is 11.1. The van der Waals surface area contributed by atoms with E-state index < -0.39 is 0 Å². The van der Waals surface area contributed by atoms with Gasteiger partial charge in [0.05, 0.1) is 16.6 Å². The number of hydrogen-bond donors (Lipinski definition) is 1. The van der Waals surface area contributed by atoms with Crippen LogP contribution in [-0.2, 0) is 0 Å². The molecule has 0 spiro atoms. The molecule has 0 aliphatic carbocycles. The van der Waals surface area contributed by atoms with Crippen LogP contribution in [0.3, 0.4) is 0 Å². The van der Waals surface area contributed by atoms with Crippen molar-refractivity contribution in [2.75, 3.05) is 18.0 Å². The van der Waals surface area contributed by atoms with E-state index in [0.29, 0.717) is 20.6 Å². The summed E-state index contributed by atoms with van der Waals surface area (Å²) in [5.41, 5.74) is 1.25. The molecule has 1 unspecified atom stereocenters. The van der Waals surface area contributed by atoms with Gasteiger partial charge in [0, 0.05) is 22.3 Å². The highest BCUT2D eigenvalue weighted by molar-refractivity contribution is 6.37. The Morgan fingerprint density at radius 1 is 1.04 bits per heavy atom. The third-order valence-electron chi connectivity index (χ3n) is 3.88. The fourth-order valence-corrected chi connectivity index (χ4v) is 3.36. The molecule has 6 heteroatoms. The van der Waals surface area contributed by atoms with Crippen LogP contribution in [0.25, 0.3) is 0 Å². The van der Waals surface area contributed by atoms with Crippen LogP contribution < -0.4 is 10.2 Å². The number of carbonyl (C=O) groups is 1. The molecule has 3 nitrogen and oxygen atoms in total. The molecule has 2 aromatic carbocycles. The Morgan fingerprint density at radius 2 is 1.74 bits per heavy atom. The molecule has 0 aromatic heterocycles. The lowest BCUT2D eigenvalue weighted by Crippen LogP contribution is -2.42. The van der Waals surface area contributed by atoms with Crippen molar-refractivity contribution in [2.45, 2.75) is 12.5 Å². The largest absolute Gasteiger partial charge is 0.315 e. The third kappa shape index (κ3) is 3.64. The van der Waals surface area contributed by atoms with E-state index in [1.165, 1.54) is 0 Å². The molecule has 1 fully saturated rings. The van der Waals surface area contributed by atoms with E-state index in [0.717, 1.165) is 25.2 Å². The summed E-state index contributed by atoms with van der Waals surface area (Å²) in [7, 11) is 0. The second-order valence-corrected chi connectivity index (χ2v) is 6.70. The second kappa shape index (κ2) is 7.10. The number of rotatable bonds is 3. The summed E-state index contributed by atoms with van der Waals surface area (Å²) < 4.78 is 0. The van der Waals surface area contributed by atoms with Crippen molar-refractivity contribution >= 4 is 46.4 Å². The van der Waals surface area contributed by atoms with Crippen LogP contribution in [0.4, 0.5) is 5.69 Å². The summed E-state index contributed by atoms with van der Waals surface area (Å²) in [5, 5.41) is 4.79. The van der Waals surface area contributed by atoms with Crippen LogP contribution in [0.2, 0.25) is 15.1 Å². The van der Waals surface area contributed by atoms with Crippen LogP contribution in [0.1, 0.15) is 16.8 Å². The monoisotopic (exact) mass is 368 g/mol. The maximum Gasteiger partial charge on any atom is 0.260 e. The molecule has 2 aromatic rings. The molecule has 1 N–H and O–H groups in total. The molecule has 1 atom stereocenters. The van der Waals surface area contributed by atoms with E-state index in [1.54, 1.807) is 35.2 Å². The highest BCUT2D eigenvalue weighted by Gasteiger charge is 2.29. The molecule has 1 amide bonds. The highest BCUT2D eigenvalue weighted by atomic mass is 35.5. The summed E-state index contributed by atoms with van der Waals surface area (Å²) in [5.74, 6) is -0.136. The normalized spacial score (nSPS) is 17.3. The first-order valence-corrected chi connectivity index (χ1v) is 8.44. The van der Waals surface area contributed by atoms with Crippen LogP contribution in [0.15, 0.2) is 42.5 Å². The highest BCUT2D eigenvalue weighted by Crippen LogP contribution is 2.28. The Balaban J connectivity index is 2.00. The zero-order chi connectivity index (χ0) is 16.4. The third-order valence-corrected chi connectivity index (χ3v) is 4.68. The van der Waals surface area contributed by atoms with Crippen LogP contribution in [0.5, 0.6) is 0 Å². The van der Waals surface area contributed by atoms with Crippen molar-refractivity contribution in [3.8, 4) is 0 Å². The van der Waals surface area contributed by atoms with E-state index in [1.807, 2.05) is 12.1 Å². The maximum atomic E-state index is 13.1. The van der Waals surface area contributed by atoms with Gasteiger partial charge < -0.3 is 10.2 Å². The minimum absolute atomic E-state index is 0.0791. The Morgan fingerprint density at radius 3 is 2.35 bits per heavy atom. The van der Waals surface area contributed by atoms with Crippen molar-refractivity contribution in [3.05, 3.63) is 63.1 Å². The molecule has 3 rings (SSSR count). The van der Waals surface area contributed by atoms with Gasteiger partial charge in [0.15, 0.2) is 0 Å². The van der Waals surface area contributed by atoms with Crippen molar-refractivity contribution in [1.82, 2.24) is 5.32 Å². The van der Waals surface area contributed by atoms with Crippen molar-refractivity contribution in [1.29, 1.82) is 0 Å². The SMILES string of the molecule is O=C(c1ccc(Cl)cc1Cl)N(c1ccc(Cl)cc1)C1CCNC1. The molecular weight excluding hydrogens is 355 g/mol. The Kier molecular flexibility index (Phi) is 5.12. The Hall–Kier alpha value is -1.26. The standard InChI is InChI=1S/C17H15Cl3N2O/c18-11-1-4-13(5-2-11)22(14-7-8-21-10-14)17(23)15-6-3-12(19)9-16(15)20/h1-6,9,14,21H,7-8,10H2. The number of nitrogens with one attached hydrogen (secondary N) is 1. The first kappa shape index (κ1) is 16.6. The van der Waals surface area contributed by atoms with E-state index in [9.17, 15) is 4.79 Å². The van der Waals surface area contributed by atoms with Crippen molar-refractivity contribution in [3.63, 3.8) is 0 Å². The van der Waals surface area contributed by atoms with Gasteiger partial charge in [-0.05, 0) is 55.4 Å². The molecule has 23 heavy (non-hydrogen) atoms. The van der Waals surface area contributed by atoms with E-state index in [2.05, 4.69) is 5.32 Å². The summed E-state index contributed by atoms with van der Waals surface area (Å²) >= 11 is 18.1. The lowest BCUT2D eigenvalue weighted by molar-refractivity contribution is 0.0978. The molecule has 120 valence electrons. The number of hydrogen-bond acceptors (Lipinski definition) is 2. The number of amides is 1. The summed E-state index contributed by atoms with van der Waals surface area (Å²) in [6.07, 6.45) is 0.888. The summed E-state index contributed by atoms with van der Waals surface area (Å²) in [6.45, 7) is 1.63. The number of benzene rings is 2. The van der Waals surface area contributed by atoms with Gasteiger partial charge in [-0.3, -0.25) is 4.79 Å². The molecule has 1 aliphatic heterocycles. The Bertz CT molecular complexity index is 712. The summed E-state index contributed by atoms with van der Waals surface area (Å²) in [6, 6.07) is 12.3. The van der Waals surface area contributed by atoms with Gasteiger partial charge in [-0.15, -0.1) is 0 Å². The molecule has 0 bridgehead atoms. The zero-order valence-corrected chi connectivity index (χ0v) is 14.5. The quantitative estimate of drug-likeness (QED) is 0.853. The summed E-state index contributed by atoms with van der Waals surface area (Å²) in [4.78, 5) is 14.9. The van der Waals surface area contributed by atoms with Crippen LogP contribution >= 0.6 is 34.8 Å². The molecular formula is C17H15Cl3N2O. The van der Waals surface area contributed by atoms with Crippen LogP contribution in [-0.4, -0.2) is 25.0 Å².